The van der Waals surface area contributed by atoms with Crippen LogP contribution in [0.3, 0.4) is 0 Å². The summed E-state index contributed by atoms with van der Waals surface area (Å²) in [5, 5.41) is 25.6. The van der Waals surface area contributed by atoms with Crippen molar-refractivity contribution in [2.45, 2.75) is 0 Å². The highest BCUT2D eigenvalue weighted by atomic mass is 79.9. The van der Waals surface area contributed by atoms with Crippen molar-refractivity contribution in [3.05, 3.63) is 53.0 Å². The van der Waals surface area contributed by atoms with Gasteiger partial charge in [0.1, 0.15) is 12.1 Å². The quantitative estimate of drug-likeness (QED) is 0.418. The van der Waals surface area contributed by atoms with Crippen LogP contribution in [-0.2, 0) is 0 Å². The lowest BCUT2D eigenvalue weighted by atomic mass is 10.0. The molecular weight excluding hydrogens is 340 g/mol. The van der Waals surface area contributed by atoms with Gasteiger partial charge >= 0.3 is 0 Å². The van der Waals surface area contributed by atoms with E-state index in [0.29, 0.717) is 0 Å². The van der Waals surface area contributed by atoms with Gasteiger partial charge in [0.05, 0.1) is 5.69 Å². The normalized spacial score (nSPS) is 9.95. The maximum absolute atomic E-state index is 8.70. The van der Waals surface area contributed by atoms with Gasteiger partial charge in [-0.05, 0) is 39.7 Å². The number of fused-ring (bicyclic) bond motifs is 3. The first-order valence-corrected chi connectivity index (χ1v) is 7.27. The van der Waals surface area contributed by atoms with Crippen LogP contribution >= 0.6 is 15.9 Å². The number of hydrazone groups is 1. The van der Waals surface area contributed by atoms with Gasteiger partial charge in [-0.25, -0.2) is 0 Å². The molecule has 22 heavy (non-hydrogen) atoms. The third-order valence-corrected chi connectivity index (χ3v) is 3.97. The summed E-state index contributed by atoms with van der Waals surface area (Å²) in [5.41, 5.74) is 3.27. The molecule has 0 aliphatic rings. The second-order valence-electron chi connectivity index (χ2n) is 4.64. The van der Waals surface area contributed by atoms with Gasteiger partial charge in [-0.3, -0.25) is 5.43 Å². The topological polar surface area (TPSA) is 72.0 Å². The number of anilines is 1. The Morgan fingerprint density at radius 2 is 1.68 bits per heavy atom. The van der Waals surface area contributed by atoms with Gasteiger partial charge in [0.15, 0.2) is 0 Å². The monoisotopic (exact) mass is 348 g/mol. The first-order valence-electron chi connectivity index (χ1n) is 6.48. The Morgan fingerprint density at radius 3 is 2.41 bits per heavy atom. The third-order valence-electron chi connectivity index (χ3n) is 3.32. The summed E-state index contributed by atoms with van der Waals surface area (Å²) in [7, 11) is 0. The van der Waals surface area contributed by atoms with Crippen molar-refractivity contribution < 1.29 is 0 Å². The molecule has 0 atom stereocenters. The van der Waals surface area contributed by atoms with Gasteiger partial charge in [-0.15, -0.1) is 0 Å². The average molecular weight is 349 g/mol. The second kappa shape index (κ2) is 5.85. The van der Waals surface area contributed by atoms with Gasteiger partial charge in [-0.2, -0.15) is 15.6 Å². The molecule has 0 spiro atoms. The zero-order chi connectivity index (χ0) is 15.5. The molecule has 0 saturated heterocycles. The molecule has 3 rings (SSSR count). The number of halogens is 1. The van der Waals surface area contributed by atoms with E-state index in [1.165, 1.54) is 0 Å². The van der Waals surface area contributed by atoms with Crippen LogP contribution in [-0.4, -0.2) is 5.71 Å². The van der Waals surface area contributed by atoms with E-state index in [4.69, 9.17) is 10.5 Å². The number of hydrogen-bond acceptors (Lipinski definition) is 4. The molecule has 1 N–H and O–H groups in total. The zero-order valence-electron chi connectivity index (χ0n) is 11.3. The van der Waals surface area contributed by atoms with Crippen molar-refractivity contribution in [2.75, 3.05) is 5.43 Å². The third kappa shape index (κ3) is 2.50. The highest BCUT2D eigenvalue weighted by Gasteiger charge is 2.05. The molecule has 0 heterocycles. The first-order chi connectivity index (χ1) is 10.7. The van der Waals surface area contributed by atoms with E-state index in [1.807, 2.05) is 30.3 Å². The van der Waals surface area contributed by atoms with Crippen molar-refractivity contribution in [2.24, 2.45) is 5.10 Å². The van der Waals surface area contributed by atoms with Crippen molar-refractivity contribution in [3.63, 3.8) is 0 Å². The number of nitriles is 2. The molecule has 0 fully saturated rings. The van der Waals surface area contributed by atoms with Gasteiger partial charge in [0.25, 0.3) is 0 Å². The highest BCUT2D eigenvalue weighted by Crippen LogP contribution is 2.33. The van der Waals surface area contributed by atoms with Crippen LogP contribution in [0.4, 0.5) is 5.69 Å². The molecule has 4 nitrogen and oxygen atoms in total. The van der Waals surface area contributed by atoms with E-state index in [-0.39, 0.29) is 5.71 Å². The van der Waals surface area contributed by atoms with Gasteiger partial charge < -0.3 is 0 Å². The van der Waals surface area contributed by atoms with Gasteiger partial charge in [-0.1, -0.05) is 46.3 Å². The van der Waals surface area contributed by atoms with Crippen LogP contribution in [0.2, 0.25) is 0 Å². The van der Waals surface area contributed by atoms with Crippen LogP contribution in [0.15, 0.2) is 58.1 Å². The highest BCUT2D eigenvalue weighted by molar-refractivity contribution is 9.10. The lowest BCUT2D eigenvalue weighted by Crippen LogP contribution is -1.96. The second-order valence-corrected chi connectivity index (χ2v) is 5.49. The fourth-order valence-corrected chi connectivity index (χ4v) is 2.91. The molecule has 3 aromatic carbocycles. The summed E-state index contributed by atoms with van der Waals surface area (Å²) in [6.45, 7) is 0. The molecule has 3 aromatic rings. The van der Waals surface area contributed by atoms with Crippen LogP contribution in [0, 0.1) is 22.7 Å². The van der Waals surface area contributed by atoms with Crippen LogP contribution in [0.25, 0.3) is 21.5 Å². The Balaban J connectivity index is 2.16. The maximum Gasteiger partial charge on any atom is 0.237 e. The fourth-order valence-electron chi connectivity index (χ4n) is 2.32. The number of nitrogens with one attached hydrogen (secondary N) is 1. The SMILES string of the molecule is N#CC(C#N)=NNc1ccc2cc(Br)c3ccccc3c2c1. The summed E-state index contributed by atoms with van der Waals surface area (Å²) in [6, 6.07) is 19.4. The Labute approximate surface area is 135 Å². The van der Waals surface area contributed by atoms with E-state index in [0.717, 1.165) is 31.7 Å². The lowest BCUT2D eigenvalue weighted by molar-refractivity contribution is 1.34. The number of benzene rings is 3. The average Bonchev–Trinajstić information content (AvgIpc) is 2.56. The van der Waals surface area contributed by atoms with E-state index < -0.39 is 0 Å². The summed E-state index contributed by atoms with van der Waals surface area (Å²) in [5.74, 6) is 0. The predicted octanol–water partition coefficient (Wildman–Crippen LogP) is 4.57. The standard InChI is InChI=1S/C17H9BrN4/c18-17-7-11-5-6-12(21-22-13(9-19)10-20)8-16(11)14-3-1-2-4-15(14)17/h1-8,21H. The van der Waals surface area contributed by atoms with E-state index in [2.05, 4.69) is 44.7 Å². The zero-order valence-corrected chi connectivity index (χ0v) is 12.9. The molecule has 0 aliphatic heterocycles. The van der Waals surface area contributed by atoms with E-state index in [9.17, 15) is 0 Å². The molecule has 0 saturated carbocycles. The molecule has 104 valence electrons. The lowest BCUT2D eigenvalue weighted by Gasteiger charge is -2.08. The smallest absolute Gasteiger partial charge is 0.237 e. The Bertz CT molecular complexity index is 977. The molecule has 5 heteroatoms. The maximum atomic E-state index is 8.70. The van der Waals surface area contributed by atoms with Crippen LogP contribution < -0.4 is 5.43 Å². The minimum atomic E-state index is -0.208. The Kier molecular flexibility index (Phi) is 3.74. The van der Waals surface area contributed by atoms with Crippen molar-refractivity contribution in [3.8, 4) is 12.1 Å². The molecule has 0 radical (unpaired) electrons. The Morgan fingerprint density at radius 1 is 0.955 bits per heavy atom. The predicted molar refractivity (Wildman–Crippen MR) is 91.4 cm³/mol. The first kappa shape index (κ1) is 14.1. The van der Waals surface area contributed by atoms with E-state index in [1.54, 1.807) is 12.1 Å². The molecule has 0 aromatic heterocycles. The largest absolute Gasteiger partial charge is 0.276 e. The van der Waals surface area contributed by atoms with Crippen molar-refractivity contribution >= 4 is 48.9 Å². The molecular formula is C17H9BrN4. The van der Waals surface area contributed by atoms with Crippen molar-refractivity contribution in [1.82, 2.24) is 0 Å². The number of nitrogens with zero attached hydrogens (tertiary/aromatic N) is 3. The molecule has 0 aliphatic carbocycles. The number of hydrogen-bond donors (Lipinski definition) is 1. The molecule has 0 unspecified atom stereocenters. The van der Waals surface area contributed by atoms with Crippen LogP contribution in [0.1, 0.15) is 0 Å². The minimum absolute atomic E-state index is 0.208. The minimum Gasteiger partial charge on any atom is -0.276 e. The van der Waals surface area contributed by atoms with Gasteiger partial charge in [0.2, 0.25) is 5.71 Å². The summed E-state index contributed by atoms with van der Waals surface area (Å²) >= 11 is 3.60. The number of rotatable bonds is 2. The fraction of sp³-hybridized carbons (Fsp3) is 0. The van der Waals surface area contributed by atoms with E-state index >= 15 is 0 Å². The Hall–Kier alpha value is -2.89. The van der Waals surface area contributed by atoms with Crippen molar-refractivity contribution in [1.29, 1.82) is 10.5 Å². The van der Waals surface area contributed by atoms with Gasteiger partial charge in [0, 0.05) is 4.47 Å². The molecule has 0 amide bonds. The summed E-state index contributed by atoms with van der Waals surface area (Å²) < 4.78 is 1.05. The summed E-state index contributed by atoms with van der Waals surface area (Å²) in [6.07, 6.45) is 0. The van der Waals surface area contributed by atoms with Crippen LogP contribution in [0.5, 0.6) is 0 Å². The molecule has 0 bridgehead atoms. The summed E-state index contributed by atoms with van der Waals surface area (Å²) in [4.78, 5) is 0.